The number of pyridine rings is 1. The Kier molecular flexibility index (Phi) is 18.6. The first-order chi connectivity index (χ1) is 28.9. The molecular weight excluding hydrogens is 805 g/mol. The van der Waals surface area contributed by atoms with E-state index in [1.165, 1.54) is 14.0 Å². The molecule has 356 valence electrons. The number of likely N-dealkylation sites (N-methyl/N-ethyl adjacent to an activating group) is 1. The van der Waals surface area contributed by atoms with E-state index in [2.05, 4.69) is 15.6 Å². The number of aliphatic hydroxyl groups is 4. The van der Waals surface area contributed by atoms with E-state index in [1.807, 2.05) is 51.0 Å². The van der Waals surface area contributed by atoms with Crippen molar-refractivity contribution in [3.8, 4) is 0 Å². The topological polar surface area (TPSA) is 220 Å². The summed E-state index contributed by atoms with van der Waals surface area (Å²) in [5, 5.41) is 53.8. The maximum atomic E-state index is 14.6. The van der Waals surface area contributed by atoms with Gasteiger partial charge < -0.3 is 69.1 Å². The van der Waals surface area contributed by atoms with Crippen LogP contribution in [0.1, 0.15) is 101 Å². The van der Waals surface area contributed by atoms with Gasteiger partial charge in [0, 0.05) is 56.4 Å². The van der Waals surface area contributed by atoms with E-state index in [0.29, 0.717) is 19.4 Å². The third kappa shape index (κ3) is 12.8. The van der Waals surface area contributed by atoms with Gasteiger partial charge in [0.05, 0.1) is 41.5 Å². The summed E-state index contributed by atoms with van der Waals surface area (Å²) in [7, 11) is 5.25. The second kappa shape index (κ2) is 22.1. The molecule has 1 aromatic heterocycles. The van der Waals surface area contributed by atoms with Gasteiger partial charge in [-0.25, -0.2) is 4.79 Å². The molecule has 4 rings (SSSR count). The average molecular weight is 883 g/mol. The number of ether oxygens (including phenoxy) is 7. The molecule has 1 amide bonds. The van der Waals surface area contributed by atoms with Crippen molar-refractivity contribution >= 4 is 12.1 Å². The van der Waals surface area contributed by atoms with Crippen LogP contribution < -0.4 is 10.6 Å². The fourth-order valence-corrected chi connectivity index (χ4v) is 9.57. The number of amides is 1. The van der Waals surface area contributed by atoms with Gasteiger partial charge in [0.2, 0.25) is 0 Å². The van der Waals surface area contributed by atoms with Crippen molar-refractivity contribution in [2.75, 3.05) is 34.3 Å². The summed E-state index contributed by atoms with van der Waals surface area (Å²) in [6, 6.07) is 4.56. The Morgan fingerprint density at radius 2 is 1.71 bits per heavy atom. The normalized spacial score (nSPS) is 42.9. The van der Waals surface area contributed by atoms with Crippen LogP contribution in [0.4, 0.5) is 4.79 Å². The minimum absolute atomic E-state index is 0.101. The van der Waals surface area contributed by atoms with Gasteiger partial charge in [0.25, 0.3) is 0 Å². The van der Waals surface area contributed by atoms with Crippen LogP contribution in [0.3, 0.4) is 0 Å². The average Bonchev–Trinajstić information content (AvgIpc) is 3.21. The second-order valence-electron chi connectivity index (χ2n) is 19.1. The Balaban J connectivity index is 1.75. The molecule has 17 nitrogen and oxygen atoms in total. The number of carbonyl (C=O) groups excluding carboxylic acids is 2. The molecule has 4 heterocycles. The van der Waals surface area contributed by atoms with Crippen molar-refractivity contribution in [1.82, 2.24) is 20.5 Å². The third-order valence-electron chi connectivity index (χ3n) is 13.3. The first kappa shape index (κ1) is 52.1. The van der Waals surface area contributed by atoms with Crippen molar-refractivity contribution in [3.05, 3.63) is 30.1 Å². The van der Waals surface area contributed by atoms with Gasteiger partial charge in [-0.1, -0.05) is 26.8 Å². The minimum atomic E-state index is -1.90. The number of hydrogen-bond donors (Lipinski definition) is 6. The van der Waals surface area contributed by atoms with Crippen molar-refractivity contribution < 1.29 is 63.2 Å². The molecule has 0 aliphatic carbocycles. The summed E-state index contributed by atoms with van der Waals surface area (Å²) in [6.07, 6.45) is -7.36. The number of nitrogens with one attached hydrogen (secondary N) is 2. The third-order valence-corrected chi connectivity index (χ3v) is 13.3. The lowest BCUT2D eigenvalue weighted by Gasteiger charge is -2.48. The van der Waals surface area contributed by atoms with Gasteiger partial charge in [-0.05, 0) is 106 Å². The van der Waals surface area contributed by atoms with E-state index in [0.717, 1.165) is 5.69 Å². The smallest absolute Gasteiger partial charge is 0.407 e. The number of nitrogens with zero attached hydrogens (tertiary/aromatic N) is 2. The number of aromatic nitrogens is 1. The molecular formula is C45H78N4O13. The molecule has 0 unspecified atom stereocenters. The van der Waals surface area contributed by atoms with Crippen LogP contribution in [0.15, 0.2) is 24.4 Å². The first-order valence-electron chi connectivity index (χ1n) is 22.4. The van der Waals surface area contributed by atoms with Crippen LogP contribution in [0.5, 0.6) is 0 Å². The highest BCUT2D eigenvalue weighted by Crippen LogP contribution is 2.40. The fourth-order valence-electron chi connectivity index (χ4n) is 9.57. The molecule has 3 saturated heterocycles. The number of methoxy groups -OCH3 is 1. The Labute approximate surface area is 368 Å². The molecule has 0 spiro atoms. The van der Waals surface area contributed by atoms with Crippen molar-refractivity contribution in [2.45, 2.75) is 192 Å². The summed E-state index contributed by atoms with van der Waals surface area (Å²) in [5.74, 6) is -2.84. The molecule has 3 aliphatic rings. The summed E-state index contributed by atoms with van der Waals surface area (Å²) < 4.78 is 43.9. The van der Waals surface area contributed by atoms with E-state index in [-0.39, 0.29) is 43.9 Å². The van der Waals surface area contributed by atoms with Crippen molar-refractivity contribution in [2.24, 2.45) is 17.8 Å². The highest BCUT2D eigenvalue weighted by atomic mass is 16.7. The summed E-state index contributed by atoms with van der Waals surface area (Å²) in [5.41, 5.74) is -3.79. The van der Waals surface area contributed by atoms with Crippen LogP contribution in [0.2, 0.25) is 0 Å². The van der Waals surface area contributed by atoms with Crippen LogP contribution in [0, 0.1) is 17.8 Å². The maximum Gasteiger partial charge on any atom is 0.407 e. The summed E-state index contributed by atoms with van der Waals surface area (Å²) in [4.78, 5) is 34.2. The molecule has 0 saturated carbocycles. The number of carbonyl (C=O) groups is 2. The first-order valence-corrected chi connectivity index (χ1v) is 22.4. The minimum Gasteiger partial charge on any atom is -0.459 e. The number of aliphatic hydroxyl groups excluding tert-OH is 2. The molecule has 0 radical (unpaired) electrons. The van der Waals surface area contributed by atoms with Crippen LogP contribution in [0.25, 0.3) is 0 Å². The Morgan fingerprint density at radius 1 is 1.02 bits per heavy atom. The zero-order chi connectivity index (χ0) is 46.3. The van der Waals surface area contributed by atoms with Crippen LogP contribution >= 0.6 is 0 Å². The Bertz CT molecular complexity index is 1560. The summed E-state index contributed by atoms with van der Waals surface area (Å²) >= 11 is 0. The van der Waals surface area contributed by atoms with Crippen LogP contribution in [-0.4, -0.2) is 167 Å². The van der Waals surface area contributed by atoms with Crippen molar-refractivity contribution in [1.29, 1.82) is 0 Å². The predicted molar refractivity (Wildman–Crippen MR) is 230 cm³/mol. The molecule has 0 aromatic carbocycles. The number of esters is 1. The number of hydrogen-bond acceptors (Lipinski definition) is 16. The van der Waals surface area contributed by atoms with Gasteiger partial charge in [0.1, 0.15) is 23.9 Å². The molecule has 17 heteroatoms. The monoisotopic (exact) mass is 883 g/mol. The van der Waals surface area contributed by atoms with Gasteiger partial charge in [0.15, 0.2) is 18.7 Å². The summed E-state index contributed by atoms with van der Waals surface area (Å²) in [6.45, 7) is 18.0. The zero-order valence-corrected chi connectivity index (χ0v) is 39.3. The number of alkyl carbamates (subject to hydrolysis) is 1. The maximum absolute atomic E-state index is 14.6. The lowest BCUT2D eigenvalue weighted by atomic mass is 9.77. The van der Waals surface area contributed by atoms with Gasteiger partial charge in [-0.15, -0.1) is 0 Å². The van der Waals surface area contributed by atoms with Gasteiger partial charge in [-0.2, -0.15) is 0 Å². The molecule has 62 heavy (non-hydrogen) atoms. The quantitative estimate of drug-likeness (QED) is 0.176. The Hall–Kier alpha value is -2.55. The highest BCUT2D eigenvalue weighted by Gasteiger charge is 2.53. The molecule has 6 N–H and O–H groups in total. The number of cyclic esters (lactones) is 1. The molecule has 3 fully saturated rings. The van der Waals surface area contributed by atoms with Crippen LogP contribution in [-0.2, 0) is 44.4 Å². The van der Waals surface area contributed by atoms with E-state index >= 15 is 0 Å². The lowest BCUT2D eigenvalue weighted by Crippen LogP contribution is -2.61. The largest absolute Gasteiger partial charge is 0.459 e. The highest BCUT2D eigenvalue weighted by molar-refractivity contribution is 5.73. The predicted octanol–water partition coefficient (Wildman–Crippen LogP) is 2.93. The SMILES string of the molecule is CC[C@@H]1OC(=O)[C@H](C)[C@@H](O[C@H]2C[C@@](C)(OC)[C@@H](O)[C@H](C)O2)[C@H](C)[C@@H](O[C@@H]2O[C@H](C)C[C@H](N(C)C)[C@H]2O)[C@](C)(O)C[C@@H](C)CN[C@@H](C)[C@@H](OC(=O)NCCc2ccccn2)[C@]1(C)O. The van der Waals surface area contributed by atoms with Gasteiger partial charge >= 0.3 is 12.1 Å². The standard InChI is InChI=1S/C45H78N4O13/c1-14-33-45(10,55)39(62-42(53)47-20-18-31-17-15-16-19-46-31)29(6)48-24-25(2)22-43(8,54)38(61-41-35(50)32(49(11)12)21-26(3)57-41)27(4)36(28(5)40(52)59-33)60-34-23-44(9,56-13)37(51)30(7)58-34/h15-17,19,25-30,32-39,41,48,50-51,54-55H,14,18,20-24H2,1-13H3,(H,47,53)/t25-,26-,27+,28-,29+,30+,32+,33+,34+,35-,36+,37+,38-,39-,41+,43-,44-,45-/m1/s1. The molecule has 18 atom stereocenters. The van der Waals surface area contributed by atoms with E-state index < -0.39 is 102 Å². The van der Waals surface area contributed by atoms with E-state index in [1.54, 1.807) is 54.7 Å². The lowest BCUT2D eigenvalue weighted by molar-refractivity contribution is -0.318. The molecule has 0 bridgehead atoms. The Morgan fingerprint density at radius 3 is 2.32 bits per heavy atom. The molecule has 1 aromatic rings. The second-order valence-corrected chi connectivity index (χ2v) is 19.1. The van der Waals surface area contributed by atoms with E-state index in [4.69, 9.17) is 33.2 Å². The van der Waals surface area contributed by atoms with Crippen molar-refractivity contribution in [3.63, 3.8) is 0 Å². The van der Waals surface area contributed by atoms with Gasteiger partial charge in [-0.3, -0.25) is 9.78 Å². The van der Waals surface area contributed by atoms with E-state index in [9.17, 15) is 30.0 Å². The number of rotatable bonds is 11. The zero-order valence-electron chi connectivity index (χ0n) is 39.3. The fraction of sp³-hybridized carbons (Fsp3) is 0.844. The molecule has 3 aliphatic heterocycles.